The number of halogens is 1. The van der Waals surface area contributed by atoms with Crippen LogP contribution in [0, 0.1) is 17.8 Å². The zero-order valence-electron chi connectivity index (χ0n) is 10.8. The van der Waals surface area contributed by atoms with Crippen molar-refractivity contribution in [1.29, 1.82) is 0 Å². The molecule has 0 aromatic heterocycles. The van der Waals surface area contributed by atoms with Crippen LogP contribution in [0.2, 0.25) is 0 Å². The molecule has 0 radical (unpaired) electrons. The Morgan fingerprint density at radius 2 is 2.12 bits per heavy atom. The number of hydrogen-bond acceptors (Lipinski definition) is 1. The van der Waals surface area contributed by atoms with Gasteiger partial charge in [0.1, 0.15) is 0 Å². The van der Waals surface area contributed by atoms with Crippen LogP contribution >= 0.6 is 15.9 Å². The average Bonchev–Trinajstić information content (AvgIpc) is 2.75. The maximum absolute atomic E-state index is 12.5. The molecule has 98 valence electrons. The van der Waals surface area contributed by atoms with E-state index < -0.39 is 0 Å². The van der Waals surface area contributed by atoms with Gasteiger partial charge >= 0.3 is 0 Å². The normalized spacial score (nSPS) is 34.0. The lowest BCUT2D eigenvalue weighted by atomic mass is 9.92. The monoisotopic (exact) mass is 301 g/mol. The van der Waals surface area contributed by atoms with Crippen LogP contribution in [0.25, 0.3) is 0 Å². The van der Waals surface area contributed by atoms with Crippen molar-refractivity contribution >= 4 is 21.8 Å². The number of amides is 1. The van der Waals surface area contributed by atoms with Gasteiger partial charge in [0.15, 0.2) is 0 Å². The minimum atomic E-state index is 0.331. The lowest BCUT2D eigenvalue weighted by Gasteiger charge is -2.35. The number of nitrogens with zero attached hydrogens (tertiary/aromatic N) is 1. The van der Waals surface area contributed by atoms with Crippen LogP contribution in [-0.2, 0) is 4.79 Å². The summed E-state index contributed by atoms with van der Waals surface area (Å²) in [5.74, 6) is 2.12. The van der Waals surface area contributed by atoms with Gasteiger partial charge in [-0.05, 0) is 43.9 Å². The molecule has 1 saturated heterocycles. The van der Waals surface area contributed by atoms with Gasteiger partial charge in [0, 0.05) is 24.3 Å². The zero-order chi connectivity index (χ0) is 12.3. The van der Waals surface area contributed by atoms with Crippen molar-refractivity contribution in [3.05, 3.63) is 0 Å². The molecule has 2 aliphatic rings. The van der Waals surface area contributed by atoms with E-state index in [1.54, 1.807) is 0 Å². The fourth-order valence-corrected chi connectivity index (χ4v) is 4.05. The van der Waals surface area contributed by atoms with Crippen molar-refractivity contribution in [1.82, 2.24) is 4.90 Å². The summed E-state index contributed by atoms with van der Waals surface area (Å²) in [7, 11) is 0. The molecule has 0 aromatic rings. The maximum Gasteiger partial charge on any atom is 0.225 e. The van der Waals surface area contributed by atoms with E-state index in [4.69, 9.17) is 0 Å². The maximum atomic E-state index is 12.5. The van der Waals surface area contributed by atoms with Crippen molar-refractivity contribution < 1.29 is 4.79 Å². The third-order valence-corrected chi connectivity index (χ3v) is 4.98. The van der Waals surface area contributed by atoms with E-state index in [0.717, 1.165) is 30.8 Å². The fraction of sp³-hybridized carbons (Fsp3) is 0.929. The Balaban J connectivity index is 1.90. The second-order valence-electron chi connectivity index (χ2n) is 5.78. The Bertz CT molecular complexity index is 267. The predicted molar refractivity (Wildman–Crippen MR) is 74.2 cm³/mol. The number of rotatable bonds is 3. The molecule has 2 fully saturated rings. The quantitative estimate of drug-likeness (QED) is 0.731. The van der Waals surface area contributed by atoms with Crippen molar-refractivity contribution in [3.63, 3.8) is 0 Å². The highest BCUT2D eigenvalue weighted by atomic mass is 79.9. The topological polar surface area (TPSA) is 20.3 Å². The van der Waals surface area contributed by atoms with Crippen molar-refractivity contribution in [2.24, 2.45) is 17.8 Å². The minimum absolute atomic E-state index is 0.331. The van der Waals surface area contributed by atoms with Crippen molar-refractivity contribution in [3.8, 4) is 0 Å². The molecular formula is C14H24BrNO. The molecule has 1 heterocycles. The van der Waals surface area contributed by atoms with Gasteiger partial charge in [-0.25, -0.2) is 0 Å². The Morgan fingerprint density at radius 1 is 1.29 bits per heavy atom. The lowest BCUT2D eigenvalue weighted by molar-refractivity contribution is -0.138. The fourth-order valence-electron chi connectivity index (χ4n) is 3.40. The summed E-state index contributed by atoms with van der Waals surface area (Å²) in [6.45, 7) is 4.25. The summed E-state index contributed by atoms with van der Waals surface area (Å²) in [6.07, 6.45) is 7.33. The third-order valence-electron chi connectivity index (χ3n) is 4.53. The third kappa shape index (κ3) is 3.24. The molecule has 1 saturated carbocycles. The van der Waals surface area contributed by atoms with Crippen LogP contribution in [0.5, 0.6) is 0 Å². The molecule has 0 N–H and O–H groups in total. The van der Waals surface area contributed by atoms with E-state index in [1.165, 1.54) is 32.1 Å². The second kappa shape index (κ2) is 6.21. The first-order valence-corrected chi connectivity index (χ1v) is 8.19. The standard InChI is InChI=1S/C14H24BrNO/c1-11-4-2-6-13(11)14(17)16-9-3-5-12(10-16)7-8-15/h11-13H,2-10H2,1H3. The summed E-state index contributed by atoms with van der Waals surface area (Å²) in [6, 6.07) is 0. The highest BCUT2D eigenvalue weighted by Gasteiger charge is 2.34. The smallest absolute Gasteiger partial charge is 0.225 e. The van der Waals surface area contributed by atoms with Gasteiger partial charge < -0.3 is 4.90 Å². The number of likely N-dealkylation sites (tertiary alicyclic amines) is 1. The van der Waals surface area contributed by atoms with E-state index in [2.05, 4.69) is 27.8 Å². The molecule has 3 unspecified atom stereocenters. The molecule has 0 spiro atoms. The Kier molecular flexibility index (Phi) is 4.89. The van der Waals surface area contributed by atoms with Gasteiger partial charge in [-0.2, -0.15) is 0 Å². The van der Waals surface area contributed by atoms with E-state index in [-0.39, 0.29) is 0 Å². The highest BCUT2D eigenvalue weighted by Crippen LogP contribution is 2.33. The first kappa shape index (κ1) is 13.4. The van der Waals surface area contributed by atoms with E-state index in [9.17, 15) is 4.79 Å². The van der Waals surface area contributed by atoms with Gasteiger partial charge in [0.2, 0.25) is 5.91 Å². The second-order valence-corrected chi connectivity index (χ2v) is 6.58. The Labute approximate surface area is 113 Å². The Morgan fingerprint density at radius 3 is 2.76 bits per heavy atom. The summed E-state index contributed by atoms with van der Waals surface area (Å²) in [5, 5.41) is 1.07. The van der Waals surface area contributed by atoms with Crippen LogP contribution in [0.1, 0.15) is 45.4 Å². The van der Waals surface area contributed by atoms with E-state index in [0.29, 0.717) is 17.7 Å². The van der Waals surface area contributed by atoms with E-state index >= 15 is 0 Å². The largest absolute Gasteiger partial charge is 0.342 e. The number of alkyl halides is 1. The predicted octanol–water partition coefficient (Wildman–Crippen LogP) is 3.45. The summed E-state index contributed by atoms with van der Waals surface area (Å²) < 4.78 is 0. The van der Waals surface area contributed by atoms with Gasteiger partial charge in [-0.3, -0.25) is 4.79 Å². The Hall–Kier alpha value is -0.0500. The van der Waals surface area contributed by atoms with Crippen LogP contribution in [0.15, 0.2) is 0 Å². The molecule has 0 aromatic carbocycles. The number of carbonyl (C=O) groups is 1. The van der Waals surface area contributed by atoms with Crippen molar-refractivity contribution in [2.45, 2.75) is 45.4 Å². The first-order chi connectivity index (χ1) is 8.22. The van der Waals surface area contributed by atoms with Crippen LogP contribution in [0.3, 0.4) is 0 Å². The van der Waals surface area contributed by atoms with E-state index in [1.807, 2.05) is 0 Å². The first-order valence-electron chi connectivity index (χ1n) is 7.07. The van der Waals surface area contributed by atoms with Gasteiger partial charge in [0.05, 0.1) is 0 Å². The number of piperidine rings is 1. The van der Waals surface area contributed by atoms with Gasteiger partial charge in [-0.1, -0.05) is 29.3 Å². The molecule has 3 atom stereocenters. The lowest BCUT2D eigenvalue weighted by Crippen LogP contribution is -2.43. The molecule has 2 rings (SSSR count). The molecule has 17 heavy (non-hydrogen) atoms. The SMILES string of the molecule is CC1CCCC1C(=O)N1CCCC(CCBr)C1. The van der Waals surface area contributed by atoms with Crippen molar-refractivity contribution in [2.75, 3.05) is 18.4 Å². The van der Waals surface area contributed by atoms with Crippen LogP contribution < -0.4 is 0 Å². The molecule has 3 heteroatoms. The summed E-state index contributed by atoms with van der Waals surface area (Å²) in [5.41, 5.74) is 0. The molecule has 2 nitrogen and oxygen atoms in total. The van der Waals surface area contributed by atoms with Crippen LogP contribution in [0.4, 0.5) is 0 Å². The average molecular weight is 302 g/mol. The number of carbonyl (C=O) groups excluding carboxylic acids is 1. The molecule has 0 bridgehead atoms. The minimum Gasteiger partial charge on any atom is -0.342 e. The molecule has 1 aliphatic heterocycles. The summed E-state index contributed by atoms with van der Waals surface area (Å²) >= 11 is 3.51. The molecular weight excluding hydrogens is 278 g/mol. The van der Waals surface area contributed by atoms with Gasteiger partial charge in [-0.15, -0.1) is 0 Å². The number of hydrogen-bond donors (Lipinski definition) is 0. The van der Waals surface area contributed by atoms with Gasteiger partial charge in [0.25, 0.3) is 0 Å². The zero-order valence-corrected chi connectivity index (χ0v) is 12.4. The van der Waals surface area contributed by atoms with Crippen LogP contribution in [-0.4, -0.2) is 29.2 Å². The molecule has 1 aliphatic carbocycles. The summed E-state index contributed by atoms with van der Waals surface area (Å²) in [4.78, 5) is 14.6. The molecule has 1 amide bonds. The highest BCUT2D eigenvalue weighted by molar-refractivity contribution is 9.09.